The molecule has 2 N–H and O–H groups in total. The van der Waals surface area contributed by atoms with E-state index >= 15 is 0 Å². The molecule has 0 saturated heterocycles. The third kappa shape index (κ3) is 4.89. The summed E-state index contributed by atoms with van der Waals surface area (Å²) in [6, 6.07) is -1.06. The van der Waals surface area contributed by atoms with Crippen LogP contribution in [0.3, 0.4) is 0 Å². The fraction of sp³-hybridized carbons (Fsp3) is 0.538. The number of aromatic nitrogens is 2. The lowest BCUT2D eigenvalue weighted by Crippen LogP contribution is -2.41. The van der Waals surface area contributed by atoms with Crippen molar-refractivity contribution in [2.24, 2.45) is 0 Å². The molecule has 0 spiro atoms. The Balaban J connectivity index is 2.91. The van der Waals surface area contributed by atoms with Crippen LogP contribution in [0, 0.1) is 0 Å². The fourth-order valence-electron chi connectivity index (χ4n) is 1.60. The number of aliphatic carboxylic acids is 1. The Bertz CT molecular complexity index is 592. The van der Waals surface area contributed by atoms with Gasteiger partial charge in [0.2, 0.25) is 5.91 Å². The highest BCUT2D eigenvalue weighted by Crippen LogP contribution is 2.15. The summed E-state index contributed by atoms with van der Waals surface area (Å²) >= 11 is 1.02. The van der Waals surface area contributed by atoms with Crippen molar-refractivity contribution >= 4 is 23.6 Å². The van der Waals surface area contributed by atoms with E-state index in [1.54, 1.807) is 6.20 Å². The van der Waals surface area contributed by atoms with Crippen LogP contribution in [0.25, 0.3) is 0 Å². The number of nitrogens with zero attached hydrogens (tertiary/aromatic N) is 2. The summed E-state index contributed by atoms with van der Waals surface area (Å²) < 4.78 is 1.54. The molecule has 1 heterocycles. The molecule has 0 aliphatic rings. The zero-order chi connectivity index (χ0) is 16.2. The van der Waals surface area contributed by atoms with Crippen molar-refractivity contribution in [1.82, 2.24) is 14.9 Å². The summed E-state index contributed by atoms with van der Waals surface area (Å²) in [5, 5.41) is 11.6. The van der Waals surface area contributed by atoms with Crippen molar-refractivity contribution < 1.29 is 14.7 Å². The monoisotopic (exact) mass is 313 g/mol. The third-order valence-electron chi connectivity index (χ3n) is 2.59. The van der Waals surface area contributed by atoms with Gasteiger partial charge in [-0.25, -0.2) is 9.78 Å². The number of nitrogens with one attached hydrogen (secondary N) is 1. The maximum atomic E-state index is 12.3. The molecule has 1 rings (SSSR count). The van der Waals surface area contributed by atoms with E-state index < -0.39 is 17.9 Å². The van der Waals surface area contributed by atoms with Gasteiger partial charge in [0.05, 0.1) is 0 Å². The first kappa shape index (κ1) is 17.2. The van der Waals surface area contributed by atoms with Gasteiger partial charge in [0, 0.05) is 30.6 Å². The highest BCUT2D eigenvalue weighted by molar-refractivity contribution is 7.99. The van der Waals surface area contributed by atoms with Crippen LogP contribution in [0.15, 0.2) is 22.2 Å². The molecule has 0 aromatic carbocycles. The third-order valence-corrected chi connectivity index (χ3v) is 3.65. The first-order valence-corrected chi connectivity index (χ1v) is 7.32. The van der Waals surface area contributed by atoms with Crippen LogP contribution in [0.2, 0.25) is 0 Å². The average molecular weight is 313 g/mol. The Kier molecular flexibility index (Phi) is 5.54. The van der Waals surface area contributed by atoms with E-state index in [2.05, 4.69) is 10.3 Å². The molecule has 7 nitrogen and oxygen atoms in total. The second-order valence-electron chi connectivity index (χ2n) is 5.48. The van der Waals surface area contributed by atoms with Gasteiger partial charge in [-0.3, -0.25) is 9.59 Å². The normalized spacial score (nSPS) is 12.8. The molecule has 1 unspecified atom stereocenters. The van der Waals surface area contributed by atoms with E-state index in [0.29, 0.717) is 0 Å². The van der Waals surface area contributed by atoms with Crippen LogP contribution >= 0.6 is 11.8 Å². The topological polar surface area (TPSA) is 101 Å². The Hall–Kier alpha value is -1.83. The minimum atomic E-state index is -1.15. The van der Waals surface area contributed by atoms with Crippen LogP contribution in [-0.2, 0) is 15.1 Å². The second kappa shape index (κ2) is 6.75. The van der Waals surface area contributed by atoms with Crippen LogP contribution in [-0.4, -0.2) is 38.3 Å². The van der Waals surface area contributed by atoms with Crippen LogP contribution in [0.5, 0.6) is 0 Å². The summed E-state index contributed by atoms with van der Waals surface area (Å²) in [7, 11) is 0. The minimum absolute atomic E-state index is 0.0330. The number of carbonyl (C=O) groups excluding carboxylic acids is 1. The first-order chi connectivity index (χ1) is 9.62. The number of hydrogen-bond donors (Lipinski definition) is 2. The number of carboxylic acids is 1. The van der Waals surface area contributed by atoms with Crippen molar-refractivity contribution in [2.45, 2.75) is 44.3 Å². The van der Waals surface area contributed by atoms with Gasteiger partial charge >= 0.3 is 5.97 Å². The van der Waals surface area contributed by atoms with E-state index in [0.717, 1.165) is 11.8 Å². The maximum Gasteiger partial charge on any atom is 0.327 e. The molecule has 21 heavy (non-hydrogen) atoms. The minimum Gasteiger partial charge on any atom is -0.480 e. The van der Waals surface area contributed by atoms with E-state index in [1.165, 1.54) is 17.7 Å². The zero-order valence-corrected chi connectivity index (χ0v) is 13.2. The quantitative estimate of drug-likeness (QED) is 0.775. The van der Waals surface area contributed by atoms with E-state index in [4.69, 9.17) is 5.11 Å². The number of carboxylic acid groups (broad SMARTS) is 1. The number of hydrogen-bond acceptors (Lipinski definition) is 5. The Morgan fingerprint density at radius 1 is 1.48 bits per heavy atom. The van der Waals surface area contributed by atoms with Crippen molar-refractivity contribution in [3.8, 4) is 0 Å². The lowest BCUT2D eigenvalue weighted by Gasteiger charge is -2.22. The summed E-state index contributed by atoms with van der Waals surface area (Å²) in [6.07, 6.45) is 3.10. The molecule has 0 saturated carbocycles. The maximum absolute atomic E-state index is 12.3. The van der Waals surface area contributed by atoms with Gasteiger partial charge in [-0.2, -0.15) is 0 Å². The van der Waals surface area contributed by atoms with Gasteiger partial charge in [0.1, 0.15) is 6.04 Å². The molecule has 8 heteroatoms. The van der Waals surface area contributed by atoms with Gasteiger partial charge in [0.15, 0.2) is 5.03 Å². The van der Waals surface area contributed by atoms with Crippen molar-refractivity contribution in [2.75, 3.05) is 5.75 Å². The fourth-order valence-corrected chi connectivity index (χ4v) is 2.51. The van der Waals surface area contributed by atoms with Crippen molar-refractivity contribution in [3.63, 3.8) is 0 Å². The zero-order valence-electron chi connectivity index (χ0n) is 12.4. The summed E-state index contributed by atoms with van der Waals surface area (Å²) in [4.78, 5) is 38.2. The molecule has 0 aliphatic heterocycles. The molecular weight excluding hydrogens is 294 g/mol. The van der Waals surface area contributed by atoms with E-state index in [-0.39, 0.29) is 21.9 Å². The molecule has 1 aromatic rings. The highest BCUT2D eigenvalue weighted by atomic mass is 32.2. The largest absolute Gasteiger partial charge is 0.480 e. The van der Waals surface area contributed by atoms with Gasteiger partial charge in [-0.1, -0.05) is 11.8 Å². The highest BCUT2D eigenvalue weighted by Gasteiger charge is 2.21. The summed E-state index contributed by atoms with van der Waals surface area (Å²) in [5.41, 5.74) is -0.666. The van der Waals surface area contributed by atoms with Gasteiger partial charge in [-0.05, 0) is 20.8 Å². The van der Waals surface area contributed by atoms with Gasteiger partial charge in [-0.15, -0.1) is 0 Å². The van der Waals surface area contributed by atoms with Crippen LogP contribution < -0.4 is 10.9 Å². The van der Waals surface area contributed by atoms with Crippen molar-refractivity contribution in [3.05, 3.63) is 22.7 Å². The lowest BCUT2D eigenvalue weighted by atomic mass is 10.1. The second-order valence-corrected chi connectivity index (χ2v) is 6.49. The molecular formula is C13H19N3O4S. The molecule has 0 bridgehead atoms. The molecule has 0 aliphatic carbocycles. The van der Waals surface area contributed by atoms with Gasteiger partial charge < -0.3 is 15.0 Å². The summed E-state index contributed by atoms with van der Waals surface area (Å²) in [6.45, 7) is 6.91. The Morgan fingerprint density at radius 3 is 2.57 bits per heavy atom. The van der Waals surface area contributed by atoms with E-state index in [9.17, 15) is 14.4 Å². The van der Waals surface area contributed by atoms with Gasteiger partial charge in [0.25, 0.3) is 5.56 Å². The number of carbonyl (C=O) groups is 2. The predicted octanol–water partition coefficient (Wildman–Crippen LogP) is 0.680. The standard InChI is InChI=1S/C13H19N3O4S/c1-8(17)15-9(12(19)20)7-21-10-11(18)16(6-5-14-10)13(2,3)4/h5-6,9H,7H2,1-4H3,(H,15,17)(H,19,20). The molecule has 0 fully saturated rings. The average Bonchev–Trinajstić information content (AvgIpc) is 2.33. The molecule has 1 amide bonds. The Labute approximate surface area is 126 Å². The SMILES string of the molecule is CC(=O)NC(CSc1nccn(C(C)(C)C)c1=O)C(=O)O. The number of thioether (sulfide) groups is 1. The molecule has 1 atom stereocenters. The number of amides is 1. The van der Waals surface area contributed by atoms with Crippen molar-refractivity contribution in [1.29, 1.82) is 0 Å². The molecule has 0 radical (unpaired) electrons. The first-order valence-electron chi connectivity index (χ1n) is 6.33. The number of rotatable bonds is 5. The van der Waals surface area contributed by atoms with Crippen LogP contribution in [0.1, 0.15) is 27.7 Å². The lowest BCUT2D eigenvalue weighted by molar-refractivity contribution is -0.140. The van der Waals surface area contributed by atoms with Crippen LogP contribution in [0.4, 0.5) is 0 Å². The summed E-state index contributed by atoms with van der Waals surface area (Å²) in [5.74, 6) is -1.55. The Morgan fingerprint density at radius 2 is 2.10 bits per heavy atom. The molecule has 116 valence electrons. The predicted molar refractivity (Wildman–Crippen MR) is 79.5 cm³/mol. The molecule has 1 aromatic heterocycles. The van der Waals surface area contributed by atoms with E-state index in [1.807, 2.05) is 20.8 Å². The smallest absolute Gasteiger partial charge is 0.327 e.